The summed E-state index contributed by atoms with van der Waals surface area (Å²) in [6.07, 6.45) is 3.82. The first kappa shape index (κ1) is 9.96. The van der Waals surface area contributed by atoms with Crippen LogP contribution in [-0.2, 0) is 12.6 Å². The zero-order chi connectivity index (χ0) is 11.1. The molecule has 2 aromatic heterocycles. The molecule has 0 bridgehead atoms. The van der Waals surface area contributed by atoms with Crippen LogP contribution in [0.3, 0.4) is 0 Å². The molecule has 4 nitrogen and oxygen atoms in total. The molecule has 0 fully saturated rings. The van der Waals surface area contributed by atoms with Gasteiger partial charge in [0.15, 0.2) is 0 Å². The average Bonchev–Trinajstić information content (AvgIpc) is 2.74. The van der Waals surface area contributed by atoms with E-state index in [1.54, 1.807) is 0 Å². The highest BCUT2D eigenvalue weighted by Gasteiger charge is 2.26. The molecule has 80 valence electrons. The van der Waals surface area contributed by atoms with Gasteiger partial charge in [-0.15, -0.1) is 0 Å². The summed E-state index contributed by atoms with van der Waals surface area (Å²) >= 11 is 0. The van der Waals surface area contributed by atoms with Crippen LogP contribution in [-0.4, -0.2) is 19.6 Å². The second-order valence-electron chi connectivity index (χ2n) is 4.30. The highest BCUT2D eigenvalue weighted by atomic mass is 15.3. The van der Waals surface area contributed by atoms with Crippen molar-refractivity contribution < 1.29 is 0 Å². The SMILES string of the molecule is Cc1ccn(C(C)(C)c2ccnn2C)n1. The third kappa shape index (κ3) is 1.56. The Morgan fingerprint density at radius 2 is 2.00 bits per heavy atom. The minimum atomic E-state index is -0.167. The third-order valence-electron chi connectivity index (χ3n) is 2.74. The molecule has 0 aliphatic rings. The normalized spacial score (nSPS) is 12.0. The fraction of sp³-hybridized carbons (Fsp3) is 0.455. The molecule has 0 saturated carbocycles. The maximum absolute atomic E-state index is 4.46. The molecule has 0 radical (unpaired) electrons. The molecular weight excluding hydrogens is 188 g/mol. The Kier molecular flexibility index (Phi) is 2.14. The molecule has 0 saturated heterocycles. The monoisotopic (exact) mass is 204 g/mol. The summed E-state index contributed by atoms with van der Waals surface area (Å²) in [4.78, 5) is 0. The van der Waals surface area contributed by atoms with Crippen molar-refractivity contribution in [3.8, 4) is 0 Å². The van der Waals surface area contributed by atoms with Crippen LogP contribution in [0.15, 0.2) is 24.5 Å². The van der Waals surface area contributed by atoms with Gasteiger partial charge in [0.25, 0.3) is 0 Å². The molecule has 0 spiro atoms. The van der Waals surface area contributed by atoms with Crippen molar-refractivity contribution in [3.63, 3.8) is 0 Å². The highest BCUT2D eigenvalue weighted by Crippen LogP contribution is 2.23. The molecule has 15 heavy (non-hydrogen) atoms. The lowest BCUT2D eigenvalue weighted by atomic mass is 10.0. The summed E-state index contributed by atoms with van der Waals surface area (Å²) in [6.45, 7) is 6.27. The van der Waals surface area contributed by atoms with E-state index in [4.69, 9.17) is 0 Å². The van der Waals surface area contributed by atoms with E-state index in [2.05, 4.69) is 24.0 Å². The predicted molar refractivity (Wildman–Crippen MR) is 58.6 cm³/mol. The van der Waals surface area contributed by atoms with Crippen LogP contribution in [0.2, 0.25) is 0 Å². The molecule has 4 heteroatoms. The molecule has 0 N–H and O–H groups in total. The summed E-state index contributed by atoms with van der Waals surface area (Å²) < 4.78 is 3.86. The standard InChI is InChI=1S/C11H16N4/c1-9-6-8-15(13-9)11(2,3)10-5-7-12-14(10)4/h5-8H,1-4H3. The lowest BCUT2D eigenvalue weighted by molar-refractivity contribution is 0.362. The first-order chi connectivity index (χ1) is 7.01. The Labute approximate surface area is 89.5 Å². The van der Waals surface area contributed by atoms with Gasteiger partial charge >= 0.3 is 0 Å². The fourth-order valence-corrected chi connectivity index (χ4v) is 1.82. The second-order valence-corrected chi connectivity index (χ2v) is 4.30. The van der Waals surface area contributed by atoms with E-state index in [1.807, 2.05) is 47.9 Å². The number of rotatable bonds is 2. The lowest BCUT2D eigenvalue weighted by Crippen LogP contribution is -2.30. The van der Waals surface area contributed by atoms with E-state index < -0.39 is 0 Å². The summed E-state index contributed by atoms with van der Waals surface area (Å²) in [7, 11) is 1.95. The number of nitrogens with zero attached hydrogens (tertiary/aromatic N) is 4. The third-order valence-corrected chi connectivity index (χ3v) is 2.74. The van der Waals surface area contributed by atoms with Gasteiger partial charge in [0.1, 0.15) is 0 Å². The van der Waals surface area contributed by atoms with Crippen LogP contribution in [0.25, 0.3) is 0 Å². The van der Waals surface area contributed by atoms with Crippen LogP contribution in [0, 0.1) is 6.92 Å². The molecular formula is C11H16N4. The van der Waals surface area contributed by atoms with E-state index in [1.165, 1.54) is 0 Å². The lowest BCUT2D eigenvalue weighted by Gasteiger charge is -2.25. The Morgan fingerprint density at radius 3 is 2.47 bits per heavy atom. The van der Waals surface area contributed by atoms with Crippen molar-refractivity contribution in [3.05, 3.63) is 35.9 Å². The first-order valence-electron chi connectivity index (χ1n) is 5.03. The highest BCUT2D eigenvalue weighted by molar-refractivity contribution is 5.14. The van der Waals surface area contributed by atoms with Gasteiger partial charge in [-0.05, 0) is 32.9 Å². The van der Waals surface area contributed by atoms with Crippen molar-refractivity contribution in [2.75, 3.05) is 0 Å². The van der Waals surface area contributed by atoms with Crippen molar-refractivity contribution >= 4 is 0 Å². The van der Waals surface area contributed by atoms with E-state index in [0.29, 0.717) is 0 Å². The molecule has 0 aromatic carbocycles. The minimum Gasteiger partial charge on any atom is -0.270 e. The van der Waals surface area contributed by atoms with Gasteiger partial charge in [-0.25, -0.2) is 0 Å². The van der Waals surface area contributed by atoms with Gasteiger partial charge in [-0.2, -0.15) is 10.2 Å². The van der Waals surface area contributed by atoms with Crippen LogP contribution < -0.4 is 0 Å². The quantitative estimate of drug-likeness (QED) is 0.746. The van der Waals surface area contributed by atoms with E-state index in [-0.39, 0.29) is 5.54 Å². The molecule has 0 amide bonds. The molecule has 2 heterocycles. The van der Waals surface area contributed by atoms with E-state index in [9.17, 15) is 0 Å². The molecule has 0 aliphatic heterocycles. The van der Waals surface area contributed by atoms with Crippen LogP contribution in [0.1, 0.15) is 25.2 Å². The van der Waals surface area contributed by atoms with Crippen molar-refractivity contribution in [2.24, 2.45) is 7.05 Å². The molecule has 0 aliphatic carbocycles. The molecule has 0 unspecified atom stereocenters. The molecule has 0 atom stereocenters. The Balaban J connectivity index is 2.47. The van der Waals surface area contributed by atoms with Gasteiger partial charge in [-0.3, -0.25) is 9.36 Å². The first-order valence-corrected chi connectivity index (χ1v) is 5.03. The number of hydrogen-bond acceptors (Lipinski definition) is 2. The Morgan fingerprint density at radius 1 is 1.27 bits per heavy atom. The zero-order valence-corrected chi connectivity index (χ0v) is 9.60. The van der Waals surface area contributed by atoms with E-state index >= 15 is 0 Å². The van der Waals surface area contributed by atoms with Crippen LogP contribution in [0.5, 0.6) is 0 Å². The number of aryl methyl sites for hydroxylation is 2. The number of aromatic nitrogens is 4. The average molecular weight is 204 g/mol. The van der Waals surface area contributed by atoms with E-state index in [0.717, 1.165) is 11.4 Å². The smallest absolute Gasteiger partial charge is 0.0985 e. The van der Waals surface area contributed by atoms with Crippen molar-refractivity contribution in [2.45, 2.75) is 26.3 Å². The molecule has 2 aromatic rings. The van der Waals surface area contributed by atoms with Gasteiger partial charge in [0.2, 0.25) is 0 Å². The molecule has 2 rings (SSSR count). The maximum atomic E-state index is 4.46. The minimum absolute atomic E-state index is 0.167. The largest absolute Gasteiger partial charge is 0.270 e. The van der Waals surface area contributed by atoms with Gasteiger partial charge < -0.3 is 0 Å². The number of hydrogen-bond donors (Lipinski definition) is 0. The van der Waals surface area contributed by atoms with Crippen molar-refractivity contribution in [1.82, 2.24) is 19.6 Å². The Bertz CT molecular complexity index is 464. The second kappa shape index (κ2) is 3.22. The maximum Gasteiger partial charge on any atom is 0.0985 e. The predicted octanol–water partition coefficient (Wildman–Crippen LogP) is 1.71. The van der Waals surface area contributed by atoms with Gasteiger partial charge in [0, 0.05) is 19.4 Å². The zero-order valence-electron chi connectivity index (χ0n) is 9.60. The van der Waals surface area contributed by atoms with Gasteiger partial charge in [0.05, 0.1) is 16.9 Å². The van der Waals surface area contributed by atoms with Crippen molar-refractivity contribution in [1.29, 1.82) is 0 Å². The fourth-order valence-electron chi connectivity index (χ4n) is 1.82. The van der Waals surface area contributed by atoms with Gasteiger partial charge in [-0.1, -0.05) is 0 Å². The summed E-state index contributed by atoms with van der Waals surface area (Å²) in [5.74, 6) is 0. The van der Waals surface area contributed by atoms with Crippen LogP contribution in [0.4, 0.5) is 0 Å². The summed E-state index contributed by atoms with van der Waals surface area (Å²) in [6, 6.07) is 4.04. The topological polar surface area (TPSA) is 35.6 Å². The van der Waals surface area contributed by atoms with Crippen LogP contribution >= 0.6 is 0 Å². The summed E-state index contributed by atoms with van der Waals surface area (Å²) in [5, 5.41) is 8.65. The summed E-state index contributed by atoms with van der Waals surface area (Å²) in [5.41, 5.74) is 2.01. The Hall–Kier alpha value is -1.58.